The van der Waals surface area contributed by atoms with E-state index < -0.39 is 86.8 Å². The minimum absolute atomic E-state index is 0.238. The van der Waals surface area contributed by atoms with Crippen molar-refractivity contribution in [2.24, 2.45) is 0 Å². The zero-order valence-corrected chi connectivity index (χ0v) is 53.8. The van der Waals surface area contributed by atoms with Crippen molar-refractivity contribution >= 4 is 5.91 Å². The van der Waals surface area contributed by atoms with Gasteiger partial charge in [-0.05, 0) is 57.8 Å². The molecular formula is C71H129NO13. The molecule has 0 radical (unpaired) electrons. The molecule has 2 rings (SSSR count). The molecule has 85 heavy (non-hydrogen) atoms. The highest BCUT2D eigenvalue weighted by Crippen LogP contribution is 2.30. The lowest BCUT2D eigenvalue weighted by Gasteiger charge is -2.46. The predicted octanol–water partition coefficient (Wildman–Crippen LogP) is 14.1. The lowest BCUT2D eigenvalue weighted by molar-refractivity contribution is -0.359. The summed E-state index contributed by atoms with van der Waals surface area (Å²) in [6.07, 6.45) is 56.9. The van der Waals surface area contributed by atoms with Crippen LogP contribution >= 0.6 is 0 Å². The molecule has 2 aliphatic heterocycles. The minimum atomic E-state index is -1.79. The summed E-state index contributed by atoms with van der Waals surface area (Å²) in [6.45, 7) is 2.72. The Labute approximate surface area is 517 Å². The maximum Gasteiger partial charge on any atom is 0.220 e. The zero-order valence-electron chi connectivity index (χ0n) is 53.8. The van der Waals surface area contributed by atoms with E-state index in [1.54, 1.807) is 6.08 Å². The van der Waals surface area contributed by atoms with Crippen LogP contribution in [0.3, 0.4) is 0 Å². The van der Waals surface area contributed by atoms with Gasteiger partial charge in [0.15, 0.2) is 12.6 Å². The molecule has 496 valence electrons. The van der Waals surface area contributed by atoms with Crippen LogP contribution in [0.25, 0.3) is 0 Å². The first kappa shape index (κ1) is 78.8. The Morgan fingerprint density at radius 1 is 0.435 bits per heavy atom. The second-order valence-corrected chi connectivity index (χ2v) is 24.6. The van der Waals surface area contributed by atoms with Gasteiger partial charge in [0.2, 0.25) is 5.91 Å². The van der Waals surface area contributed by atoms with Gasteiger partial charge in [-0.15, -0.1) is 0 Å². The van der Waals surface area contributed by atoms with Crippen LogP contribution < -0.4 is 5.32 Å². The van der Waals surface area contributed by atoms with Gasteiger partial charge in [-0.2, -0.15) is 0 Å². The van der Waals surface area contributed by atoms with Crippen molar-refractivity contribution in [2.75, 3.05) is 19.8 Å². The predicted molar refractivity (Wildman–Crippen MR) is 346 cm³/mol. The highest BCUT2D eigenvalue weighted by atomic mass is 16.7. The van der Waals surface area contributed by atoms with Gasteiger partial charge in [-0.25, -0.2) is 0 Å². The summed E-state index contributed by atoms with van der Waals surface area (Å²) in [7, 11) is 0. The van der Waals surface area contributed by atoms with Gasteiger partial charge in [0.25, 0.3) is 0 Å². The van der Waals surface area contributed by atoms with Crippen molar-refractivity contribution in [1.29, 1.82) is 0 Å². The van der Waals surface area contributed by atoms with Gasteiger partial charge in [-0.3, -0.25) is 4.79 Å². The Balaban J connectivity index is 1.69. The summed E-state index contributed by atoms with van der Waals surface area (Å²) >= 11 is 0. The van der Waals surface area contributed by atoms with Crippen molar-refractivity contribution in [3.8, 4) is 0 Å². The van der Waals surface area contributed by atoms with E-state index in [1.807, 2.05) is 6.08 Å². The first-order valence-electron chi connectivity index (χ1n) is 35.0. The van der Waals surface area contributed by atoms with E-state index in [4.69, 9.17) is 18.9 Å². The number of allylic oxidation sites excluding steroid dienone is 9. The lowest BCUT2D eigenvalue weighted by Crippen LogP contribution is -2.65. The molecule has 0 spiro atoms. The van der Waals surface area contributed by atoms with Crippen molar-refractivity contribution in [1.82, 2.24) is 5.32 Å². The van der Waals surface area contributed by atoms with Crippen LogP contribution in [0.2, 0.25) is 0 Å². The minimum Gasteiger partial charge on any atom is -0.394 e. The number of aliphatic hydroxyl groups excluding tert-OH is 8. The fourth-order valence-corrected chi connectivity index (χ4v) is 11.4. The average Bonchev–Trinajstić information content (AvgIpc) is 3.68. The molecule has 14 heteroatoms. The number of carbonyl (C=O) groups excluding carboxylic acids is 1. The van der Waals surface area contributed by atoms with Crippen molar-refractivity contribution in [3.63, 3.8) is 0 Å². The van der Waals surface area contributed by atoms with Gasteiger partial charge in [0.05, 0.1) is 32.0 Å². The Hall–Kier alpha value is -2.31. The van der Waals surface area contributed by atoms with Crippen LogP contribution in [0.1, 0.15) is 290 Å². The molecule has 9 N–H and O–H groups in total. The van der Waals surface area contributed by atoms with Crippen molar-refractivity contribution < 1.29 is 64.6 Å². The number of hydrogen-bond acceptors (Lipinski definition) is 13. The zero-order chi connectivity index (χ0) is 61.6. The Morgan fingerprint density at radius 3 is 1.25 bits per heavy atom. The number of ether oxygens (including phenoxy) is 4. The smallest absolute Gasteiger partial charge is 0.220 e. The number of nitrogens with one attached hydrogen (secondary N) is 1. The van der Waals surface area contributed by atoms with Crippen LogP contribution in [-0.4, -0.2) is 140 Å². The molecule has 2 heterocycles. The normalized spacial score (nSPS) is 23.9. The molecule has 12 unspecified atom stereocenters. The van der Waals surface area contributed by atoms with E-state index in [2.05, 4.69) is 67.8 Å². The molecule has 0 aromatic carbocycles. The van der Waals surface area contributed by atoms with Gasteiger partial charge >= 0.3 is 0 Å². The molecule has 0 aromatic rings. The van der Waals surface area contributed by atoms with E-state index in [-0.39, 0.29) is 18.9 Å². The molecule has 0 bridgehead atoms. The van der Waals surface area contributed by atoms with Crippen LogP contribution in [-0.2, 0) is 23.7 Å². The third-order valence-electron chi connectivity index (χ3n) is 17.0. The van der Waals surface area contributed by atoms with Crippen molar-refractivity contribution in [2.45, 2.75) is 364 Å². The van der Waals surface area contributed by atoms with Crippen LogP contribution in [0, 0.1) is 0 Å². The first-order valence-corrected chi connectivity index (χ1v) is 35.0. The maximum absolute atomic E-state index is 13.3. The van der Waals surface area contributed by atoms with E-state index in [1.165, 1.54) is 199 Å². The van der Waals surface area contributed by atoms with Crippen molar-refractivity contribution in [3.05, 3.63) is 60.8 Å². The summed E-state index contributed by atoms with van der Waals surface area (Å²) in [4.78, 5) is 13.3. The molecule has 0 aliphatic carbocycles. The maximum atomic E-state index is 13.3. The molecular weight excluding hydrogens is 1070 g/mol. The molecule has 2 fully saturated rings. The highest BCUT2D eigenvalue weighted by molar-refractivity contribution is 5.76. The van der Waals surface area contributed by atoms with Gasteiger partial charge in [0, 0.05) is 6.42 Å². The number of hydrogen-bond donors (Lipinski definition) is 9. The van der Waals surface area contributed by atoms with Gasteiger partial charge < -0.3 is 65.1 Å². The summed E-state index contributed by atoms with van der Waals surface area (Å²) < 4.78 is 22.9. The largest absolute Gasteiger partial charge is 0.394 e. The molecule has 14 nitrogen and oxygen atoms in total. The molecule has 0 aromatic heterocycles. The second kappa shape index (κ2) is 55.7. The average molecular weight is 1200 g/mol. The Kier molecular flexibility index (Phi) is 51.7. The lowest BCUT2D eigenvalue weighted by atomic mass is 9.97. The monoisotopic (exact) mass is 1200 g/mol. The summed E-state index contributed by atoms with van der Waals surface area (Å²) in [5.41, 5.74) is 0. The fourth-order valence-electron chi connectivity index (χ4n) is 11.4. The SMILES string of the molecule is CC/C=C\C/C=C\C/C=C\C/C=C\CCCCCCCCCCCCCCCCC(=O)NC(COC1OC(CO)C(OC2OC(CO)C(O)C(O)C2O)C(O)C1O)C(O)/C=C/CCCCCCCCCCCCCCCCCCCCCCCC. The molecule has 2 aliphatic rings. The number of aliphatic hydroxyl groups is 8. The van der Waals surface area contributed by atoms with E-state index in [0.717, 1.165) is 64.2 Å². The Bertz CT molecular complexity index is 1660. The fraction of sp³-hybridized carbons (Fsp3) is 0.845. The van der Waals surface area contributed by atoms with Crippen LogP contribution in [0.4, 0.5) is 0 Å². The third kappa shape index (κ3) is 40.1. The topological polar surface area (TPSA) is 228 Å². The van der Waals surface area contributed by atoms with Crippen LogP contribution in [0.5, 0.6) is 0 Å². The standard InChI is InChI=1S/C71H129NO13/c1-3-5-7-9-11-13-15-17-19-21-23-25-27-29-30-31-33-35-37-39-41-43-45-47-49-51-53-55-63(76)72-59(58-82-70-68(81)66(79)69(62(57-74)84-70)85-71-67(80)65(78)64(77)61(56-73)83-71)60(75)54-52-50-48-46-44-42-40-38-36-34-32-28-26-24-22-20-18-16-14-12-10-8-6-4-2/h5,7,11,13,17,19,23,25,52,54,59-62,64-71,73-75,77-81H,3-4,6,8-10,12,14-16,18,20-22,24,26-51,53,55-58H2,1-2H3,(H,72,76)/b7-5-,13-11-,19-17-,25-23-,54-52+. The summed E-state index contributed by atoms with van der Waals surface area (Å²) in [5.74, 6) is -0.238. The summed E-state index contributed by atoms with van der Waals surface area (Å²) in [6, 6.07) is -0.918. The Morgan fingerprint density at radius 2 is 0.812 bits per heavy atom. The molecule has 12 atom stereocenters. The molecule has 1 amide bonds. The highest BCUT2D eigenvalue weighted by Gasteiger charge is 2.51. The van der Waals surface area contributed by atoms with Gasteiger partial charge in [0.1, 0.15) is 48.8 Å². The second-order valence-electron chi connectivity index (χ2n) is 24.6. The van der Waals surface area contributed by atoms with Gasteiger partial charge in [-0.1, -0.05) is 286 Å². The van der Waals surface area contributed by atoms with E-state index in [0.29, 0.717) is 6.42 Å². The number of rotatable bonds is 57. The number of amides is 1. The first-order chi connectivity index (χ1) is 41.6. The quantitative estimate of drug-likeness (QED) is 0.0204. The number of unbranched alkanes of at least 4 members (excludes halogenated alkanes) is 36. The van der Waals surface area contributed by atoms with E-state index in [9.17, 15) is 45.6 Å². The molecule has 0 saturated carbocycles. The molecule has 2 saturated heterocycles. The number of carbonyl (C=O) groups is 1. The third-order valence-corrected chi connectivity index (χ3v) is 17.0. The van der Waals surface area contributed by atoms with Crippen LogP contribution in [0.15, 0.2) is 60.8 Å². The van der Waals surface area contributed by atoms with E-state index >= 15 is 0 Å². The summed E-state index contributed by atoms with van der Waals surface area (Å²) in [5, 5.41) is 87.5.